The Morgan fingerprint density at radius 2 is 1.84 bits per heavy atom. The lowest BCUT2D eigenvalue weighted by atomic mass is 9.91. The van der Waals surface area contributed by atoms with Crippen LogP contribution in [0.2, 0.25) is 0 Å². The molecule has 0 radical (unpaired) electrons. The van der Waals surface area contributed by atoms with Crippen molar-refractivity contribution in [3.05, 3.63) is 24.2 Å². The maximum absolute atomic E-state index is 11.9. The number of anilines is 1. The van der Waals surface area contributed by atoms with Crippen LogP contribution in [-0.2, 0) is 31.6 Å². The van der Waals surface area contributed by atoms with Crippen LogP contribution in [0.15, 0.2) is 18.5 Å². The Hall–Kier alpha value is -1.29. The van der Waals surface area contributed by atoms with E-state index in [9.17, 15) is 28.8 Å². The number of aromatic nitrogens is 3. The van der Waals surface area contributed by atoms with E-state index in [1.54, 1.807) is 0 Å². The smallest absolute Gasteiger partial charge is 0.387 e. The van der Waals surface area contributed by atoms with Crippen molar-refractivity contribution < 1.29 is 61.4 Å². The number of rotatable bonds is 8. The van der Waals surface area contributed by atoms with Crippen LogP contribution in [0.5, 0.6) is 0 Å². The number of aliphatic hydroxyl groups excluding tert-OH is 1. The van der Waals surface area contributed by atoms with E-state index in [2.05, 4.69) is 23.2 Å². The molecule has 6 atom stereocenters. The number of nitrogens with two attached hydrogens (primary N) is 1. The van der Waals surface area contributed by atoms with Crippen molar-refractivity contribution in [1.29, 1.82) is 0 Å². The third-order valence-electron chi connectivity index (χ3n) is 4.39. The van der Waals surface area contributed by atoms with Gasteiger partial charge in [-0.3, -0.25) is 4.52 Å². The molecular formula is C12H19N4O13P3. The molecule has 1 saturated heterocycles. The molecule has 32 heavy (non-hydrogen) atoms. The van der Waals surface area contributed by atoms with Crippen LogP contribution >= 0.6 is 23.5 Å². The summed E-state index contributed by atoms with van der Waals surface area (Å²) in [6.45, 7) is 0.273. The van der Waals surface area contributed by atoms with E-state index in [1.807, 2.05) is 0 Å². The predicted octanol–water partition coefficient (Wildman–Crippen LogP) is -0.793. The SMILES string of the molecule is C[C@@]1(O)C(O)[C@@H](COP(=O)(O)OP(=O)(O)OP(=O)(O)O)O[C@H]1c1ccc2c(N)ncnn12. The second kappa shape index (κ2) is 8.49. The summed E-state index contributed by atoms with van der Waals surface area (Å²) < 4.78 is 52.4. The largest absolute Gasteiger partial charge is 0.490 e. The molecule has 8 N–H and O–H groups in total. The van der Waals surface area contributed by atoms with Crippen LogP contribution < -0.4 is 5.73 Å². The highest BCUT2D eigenvalue weighted by Crippen LogP contribution is 2.66. The topological polar surface area (TPSA) is 266 Å². The number of hydrogen-bond acceptors (Lipinski definition) is 12. The van der Waals surface area contributed by atoms with Crippen molar-refractivity contribution in [3.8, 4) is 0 Å². The molecule has 3 unspecified atom stereocenters. The van der Waals surface area contributed by atoms with Gasteiger partial charge in [0.2, 0.25) is 0 Å². The van der Waals surface area contributed by atoms with Crippen molar-refractivity contribution in [2.24, 2.45) is 0 Å². The van der Waals surface area contributed by atoms with Gasteiger partial charge in [-0.2, -0.15) is 13.7 Å². The highest BCUT2D eigenvalue weighted by atomic mass is 31.3. The lowest BCUT2D eigenvalue weighted by molar-refractivity contribution is -0.0664. The zero-order valence-corrected chi connectivity index (χ0v) is 18.7. The van der Waals surface area contributed by atoms with E-state index in [-0.39, 0.29) is 11.5 Å². The minimum Gasteiger partial charge on any atom is -0.387 e. The minimum absolute atomic E-state index is 0.133. The summed E-state index contributed by atoms with van der Waals surface area (Å²) >= 11 is 0. The molecule has 17 nitrogen and oxygen atoms in total. The Bertz CT molecular complexity index is 1150. The number of nitrogen functional groups attached to an aromatic ring is 1. The fourth-order valence-electron chi connectivity index (χ4n) is 3.06. The third-order valence-corrected chi connectivity index (χ3v) is 8.19. The monoisotopic (exact) mass is 520 g/mol. The number of hydrogen-bond donors (Lipinski definition) is 7. The lowest BCUT2D eigenvalue weighted by Gasteiger charge is -2.26. The molecule has 0 aliphatic carbocycles. The molecule has 1 fully saturated rings. The van der Waals surface area contributed by atoms with Crippen LogP contribution in [0.4, 0.5) is 5.82 Å². The van der Waals surface area contributed by atoms with Gasteiger partial charge >= 0.3 is 23.5 Å². The first kappa shape index (κ1) is 25.3. The number of fused-ring (bicyclic) bond motifs is 1. The second-order valence-electron chi connectivity index (χ2n) is 6.81. The first-order chi connectivity index (χ1) is 14.5. The molecule has 0 saturated carbocycles. The van der Waals surface area contributed by atoms with Crippen molar-refractivity contribution in [1.82, 2.24) is 14.6 Å². The van der Waals surface area contributed by atoms with E-state index >= 15 is 0 Å². The molecule has 2 aromatic rings. The van der Waals surface area contributed by atoms with E-state index in [0.29, 0.717) is 5.52 Å². The molecular weight excluding hydrogens is 501 g/mol. The van der Waals surface area contributed by atoms with Gasteiger partial charge in [0.15, 0.2) is 5.82 Å². The standard InChI is InChI=1S/C12H19N4O13P3/c1-12(18)9(17)8(4-26-31(22,23)29-32(24,25)28-30(19,20)21)27-10(12)6-2-3-7-11(13)14-5-15-16(6)7/h2-3,5,8-10,17-18H,4H2,1H3,(H,22,23)(H,24,25)(H2,13,14,15)(H2,19,20,21)/t8-,9?,10+,12-/m1/s1. The normalized spacial score (nSPS) is 30.3. The van der Waals surface area contributed by atoms with E-state index in [4.69, 9.17) is 25.2 Å². The first-order valence-corrected chi connectivity index (χ1v) is 13.0. The fraction of sp³-hybridized carbons (Fsp3) is 0.500. The molecule has 20 heteroatoms. The van der Waals surface area contributed by atoms with E-state index in [0.717, 1.165) is 6.33 Å². The third kappa shape index (κ3) is 5.43. The Kier molecular flexibility index (Phi) is 6.72. The van der Waals surface area contributed by atoms with Gasteiger partial charge in [-0.1, -0.05) is 0 Å². The maximum Gasteiger partial charge on any atom is 0.490 e. The fourth-order valence-corrected chi connectivity index (χ4v) is 6.09. The van der Waals surface area contributed by atoms with Crippen molar-refractivity contribution in [2.45, 2.75) is 30.8 Å². The highest BCUT2D eigenvalue weighted by molar-refractivity contribution is 7.66. The van der Waals surface area contributed by atoms with Gasteiger partial charge in [0.1, 0.15) is 35.8 Å². The summed E-state index contributed by atoms with van der Waals surface area (Å²) in [7, 11) is -16.7. The molecule has 1 aliphatic rings. The van der Waals surface area contributed by atoms with Crippen LogP contribution in [0.25, 0.3) is 5.52 Å². The summed E-state index contributed by atoms with van der Waals surface area (Å²) in [6, 6.07) is 3.03. The Morgan fingerprint density at radius 1 is 1.19 bits per heavy atom. The van der Waals surface area contributed by atoms with Gasteiger partial charge in [0.25, 0.3) is 0 Å². The number of aliphatic hydroxyl groups is 2. The molecule has 1 aliphatic heterocycles. The van der Waals surface area contributed by atoms with Crippen molar-refractivity contribution in [2.75, 3.05) is 12.3 Å². The maximum atomic E-state index is 11.9. The summed E-state index contributed by atoms with van der Waals surface area (Å²) in [6.07, 6.45) is -3.23. The minimum atomic E-state index is -5.70. The number of nitrogens with zero attached hydrogens (tertiary/aromatic N) is 3. The number of phosphoric ester groups is 1. The molecule has 0 amide bonds. The Labute approximate surface area is 178 Å². The van der Waals surface area contributed by atoms with Crippen LogP contribution in [0.3, 0.4) is 0 Å². The van der Waals surface area contributed by atoms with Crippen LogP contribution in [0.1, 0.15) is 18.7 Å². The highest BCUT2D eigenvalue weighted by Gasteiger charge is 2.54. The summed E-state index contributed by atoms with van der Waals surface area (Å²) in [4.78, 5) is 39.6. The Balaban J connectivity index is 1.74. The quantitative estimate of drug-likeness (QED) is 0.210. The molecule has 3 rings (SSSR count). The second-order valence-corrected chi connectivity index (χ2v) is 11.2. The first-order valence-electron chi connectivity index (χ1n) is 8.45. The van der Waals surface area contributed by atoms with Gasteiger partial charge in [-0.25, -0.2) is 23.2 Å². The Morgan fingerprint density at radius 3 is 2.47 bits per heavy atom. The van der Waals surface area contributed by atoms with E-state index in [1.165, 1.54) is 23.6 Å². The lowest BCUT2D eigenvalue weighted by Crippen LogP contribution is -2.43. The van der Waals surface area contributed by atoms with Crippen LogP contribution in [-0.4, -0.2) is 68.8 Å². The van der Waals surface area contributed by atoms with Gasteiger partial charge < -0.3 is 40.3 Å². The van der Waals surface area contributed by atoms with E-state index < -0.39 is 54.0 Å². The van der Waals surface area contributed by atoms with Gasteiger partial charge in [0, 0.05) is 0 Å². The van der Waals surface area contributed by atoms with Gasteiger partial charge in [0.05, 0.1) is 12.3 Å². The van der Waals surface area contributed by atoms with Crippen LogP contribution in [0, 0.1) is 0 Å². The summed E-state index contributed by atoms with van der Waals surface area (Å²) in [5, 5.41) is 25.2. The molecule has 2 aromatic heterocycles. The zero-order chi connectivity index (χ0) is 24.1. The number of phosphoric acid groups is 3. The average molecular weight is 520 g/mol. The molecule has 3 heterocycles. The van der Waals surface area contributed by atoms with Gasteiger partial charge in [-0.15, -0.1) is 0 Å². The molecule has 0 spiro atoms. The van der Waals surface area contributed by atoms with Gasteiger partial charge in [-0.05, 0) is 19.1 Å². The summed E-state index contributed by atoms with van der Waals surface area (Å²) in [5.41, 5.74) is 4.43. The van der Waals surface area contributed by atoms with Crippen molar-refractivity contribution in [3.63, 3.8) is 0 Å². The average Bonchev–Trinajstić information content (AvgIpc) is 3.11. The summed E-state index contributed by atoms with van der Waals surface area (Å²) in [5.74, 6) is 0.133. The molecule has 0 bridgehead atoms. The number of ether oxygens (including phenoxy) is 1. The molecule has 180 valence electrons. The zero-order valence-electron chi connectivity index (χ0n) is 16.0. The van der Waals surface area contributed by atoms with Crippen molar-refractivity contribution >= 4 is 34.8 Å². The predicted molar refractivity (Wildman–Crippen MR) is 101 cm³/mol. The molecule has 0 aromatic carbocycles.